The highest BCUT2D eigenvalue weighted by Gasteiger charge is 2.37. The van der Waals surface area contributed by atoms with E-state index in [1.54, 1.807) is 0 Å². The van der Waals surface area contributed by atoms with Gasteiger partial charge in [0, 0.05) is 37.3 Å². The molecule has 2 saturated heterocycles. The minimum Gasteiger partial charge on any atom is -0.313 e. The molecule has 2 fully saturated rings. The number of hydrogen-bond acceptors (Lipinski definition) is 3. The van der Waals surface area contributed by atoms with Gasteiger partial charge in [-0.15, -0.1) is 0 Å². The largest absolute Gasteiger partial charge is 0.313 e. The zero-order valence-corrected chi connectivity index (χ0v) is 12.7. The predicted octanol–water partition coefficient (Wildman–Crippen LogP) is 1.93. The van der Waals surface area contributed by atoms with E-state index in [-0.39, 0.29) is 0 Å². The van der Waals surface area contributed by atoms with Gasteiger partial charge in [0.25, 0.3) is 0 Å². The zero-order chi connectivity index (χ0) is 13.1. The van der Waals surface area contributed by atoms with Gasteiger partial charge in [-0.05, 0) is 53.1 Å². The number of piperidine rings is 1. The van der Waals surface area contributed by atoms with Crippen molar-refractivity contribution in [2.24, 2.45) is 0 Å². The molecule has 18 heavy (non-hydrogen) atoms. The van der Waals surface area contributed by atoms with Crippen LogP contribution in [0, 0.1) is 0 Å². The van der Waals surface area contributed by atoms with E-state index < -0.39 is 0 Å². The molecule has 0 spiro atoms. The van der Waals surface area contributed by atoms with Crippen LogP contribution in [0.3, 0.4) is 0 Å². The van der Waals surface area contributed by atoms with Gasteiger partial charge >= 0.3 is 0 Å². The summed E-state index contributed by atoms with van der Waals surface area (Å²) in [6, 6.07) is 3.19. The lowest BCUT2D eigenvalue weighted by atomic mass is 9.98. The Morgan fingerprint density at radius 1 is 1.28 bits per heavy atom. The van der Waals surface area contributed by atoms with Crippen molar-refractivity contribution in [1.82, 2.24) is 15.1 Å². The van der Waals surface area contributed by atoms with Crippen LogP contribution in [-0.2, 0) is 0 Å². The summed E-state index contributed by atoms with van der Waals surface area (Å²) in [5.41, 5.74) is 0. The van der Waals surface area contributed by atoms with Gasteiger partial charge in [0.05, 0.1) is 0 Å². The van der Waals surface area contributed by atoms with Crippen LogP contribution < -0.4 is 5.32 Å². The van der Waals surface area contributed by atoms with Gasteiger partial charge < -0.3 is 15.1 Å². The summed E-state index contributed by atoms with van der Waals surface area (Å²) in [6.07, 6.45) is 6.81. The molecule has 0 aromatic carbocycles. The quantitative estimate of drug-likeness (QED) is 0.780. The van der Waals surface area contributed by atoms with Crippen molar-refractivity contribution in [3.8, 4) is 0 Å². The van der Waals surface area contributed by atoms with Crippen LogP contribution in [0.4, 0.5) is 0 Å². The highest BCUT2D eigenvalue weighted by molar-refractivity contribution is 4.95. The van der Waals surface area contributed by atoms with Crippen LogP contribution >= 0.6 is 0 Å². The van der Waals surface area contributed by atoms with Crippen molar-refractivity contribution in [2.45, 2.75) is 70.1 Å². The van der Waals surface area contributed by atoms with Crippen LogP contribution in [0.1, 0.15) is 46.0 Å². The molecule has 106 valence electrons. The third-order valence-corrected chi connectivity index (χ3v) is 5.34. The van der Waals surface area contributed by atoms with Crippen molar-refractivity contribution in [3.05, 3.63) is 0 Å². The third-order valence-electron chi connectivity index (χ3n) is 5.34. The van der Waals surface area contributed by atoms with Gasteiger partial charge in [0.2, 0.25) is 0 Å². The molecule has 3 nitrogen and oxygen atoms in total. The molecule has 2 heterocycles. The second-order valence-electron chi connectivity index (χ2n) is 6.41. The van der Waals surface area contributed by atoms with E-state index in [0.717, 1.165) is 24.7 Å². The van der Waals surface area contributed by atoms with Gasteiger partial charge in [0.15, 0.2) is 0 Å². The Hall–Kier alpha value is -0.120. The maximum atomic E-state index is 3.78. The van der Waals surface area contributed by atoms with E-state index in [0.29, 0.717) is 6.04 Å². The first-order valence-electron chi connectivity index (χ1n) is 7.77. The van der Waals surface area contributed by atoms with E-state index in [1.807, 2.05) is 0 Å². The molecule has 0 saturated carbocycles. The Kier molecular flexibility index (Phi) is 5.05. The molecule has 0 radical (unpaired) electrons. The average Bonchev–Trinajstić information content (AvgIpc) is 2.60. The Morgan fingerprint density at radius 3 is 2.44 bits per heavy atom. The van der Waals surface area contributed by atoms with Crippen molar-refractivity contribution < 1.29 is 0 Å². The summed E-state index contributed by atoms with van der Waals surface area (Å²) < 4.78 is 0. The van der Waals surface area contributed by atoms with Gasteiger partial charge in [-0.1, -0.05) is 6.92 Å². The molecular weight excluding hydrogens is 222 g/mol. The smallest absolute Gasteiger partial charge is 0.0111 e. The van der Waals surface area contributed by atoms with Crippen LogP contribution in [0.15, 0.2) is 0 Å². The molecule has 3 heteroatoms. The zero-order valence-electron chi connectivity index (χ0n) is 12.7. The standard InChI is InChI=1S/C15H31N3/c1-5-12(2)17(3)9-8-16-13-10-14-6-7-15(11-13)18(14)4/h12-16H,5-11H2,1-4H3. The summed E-state index contributed by atoms with van der Waals surface area (Å²) in [4.78, 5) is 5.08. The second kappa shape index (κ2) is 6.36. The molecule has 0 aromatic rings. The summed E-state index contributed by atoms with van der Waals surface area (Å²) >= 11 is 0. The molecule has 0 amide bonds. The molecule has 0 aliphatic carbocycles. The summed E-state index contributed by atoms with van der Waals surface area (Å²) in [5.74, 6) is 0. The van der Waals surface area contributed by atoms with Crippen LogP contribution in [0.5, 0.6) is 0 Å². The molecule has 2 bridgehead atoms. The third kappa shape index (κ3) is 3.25. The second-order valence-corrected chi connectivity index (χ2v) is 6.41. The van der Waals surface area contributed by atoms with Crippen molar-refractivity contribution >= 4 is 0 Å². The topological polar surface area (TPSA) is 18.5 Å². The monoisotopic (exact) mass is 253 g/mol. The van der Waals surface area contributed by atoms with Gasteiger partial charge in [-0.2, -0.15) is 0 Å². The van der Waals surface area contributed by atoms with E-state index in [9.17, 15) is 0 Å². The van der Waals surface area contributed by atoms with E-state index >= 15 is 0 Å². The highest BCUT2D eigenvalue weighted by atomic mass is 15.2. The average molecular weight is 253 g/mol. The Bertz CT molecular complexity index is 242. The first-order chi connectivity index (χ1) is 8.61. The number of fused-ring (bicyclic) bond motifs is 2. The lowest BCUT2D eigenvalue weighted by Crippen LogP contribution is -2.48. The van der Waals surface area contributed by atoms with Gasteiger partial charge in [-0.3, -0.25) is 0 Å². The molecular formula is C15H31N3. The molecule has 0 aromatic heterocycles. The number of nitrogens with zero attached hydrogens (tertiary/aromatic N) is 2. The first kappa shape index (κ1) is 14.3. The first-order valence-corrected chi connectivity index (χ1v) is 7.77. The Morgan fingerprint density at radius 2 is 1.89 bits per heavy atom. The molecule has 2 rings (SSSR count). The van der Waals surface area contributed by atoms with E-state index in [2.05, 4.69) is 43.1 Å². The SMILES string of the molecule is CCC(C)N(C)CCNC1CC2CCC(C1)N2C. The lowest BCUT2D eigenvalue weighted by Gasteiger charge is -2.37. The summed E-state index contributed by atoms with van der Waals surface area (Å²) in [7, 11) is 4.56. The summed E-state index contributed by atoms with van der Waals surface area (Å²) in [6.45, 7) is 6.91. The minimum atomic E-state index is 0.709. The van der Waals surface area contributed by atoms with Crippen LogP contribution in [-0.4, -0.2) is 61.2 Å². The van der Waals surface area contributed by atoms with E-state index in [4.69, 9.17) is 0 Å². The van der Waals surface area contributed by atoms with Crippen molar-refractivity contribution in [2.75, 3.05) is 27.2 Å². The maximum Gasteiger partial charge on any atom is 0.0111 e. The number of nitrogens with one attached hydrogen (secondary N) is 1. The lowest BCUT2D eigenvalue weighted by molar-refractivity contribution is 0.145. The number of hydrogen-bond donors (Lipinski definition) is 1. The Balaban J connectivity index is 1.66. The van der Waals surface area contributed by atoms with E-state index in [1.165, 1.54) is 38.6 Å². The Labute approximate surface area is 113 Å². The molecule has 1 N–H and O–H groups in total. The van der Waals surface area contributed by atoms with Crippen LogP contribution in [0.25, 0.3) is 0 Å². The van der Waals surface area contributed by atoms with Gasteiger partial charge in [0.1, 0.15) is 0 Å². The maximum absolute atomic E-state index is 3.78. The fourth-order valence-electron chi connectivity index (χ4n) is 3.56. The number of rotatable bonds is 6. The number of likely N-dealkylation sites (N-methyl/N-ethyl adjacent to an activating group) is 1. The molecule has 3 atom stereocenters. The van der Waals surface area contributed by atoms with Crippen molar-refractivity contribution in [3.63, 3.8) is 0 Å². The predicted molar refractivity (Wildman–Crippen MR) is 78.0 cm³/mol. The van der Waals surface area contributed by atoms with Crippen LogP contribution in [0.2, 0.25) is 0 Å². The fraction of sp³-hybridized carbons (Fsp3) is 1.00. The molecule has 2 aliphatic rings. The molecule has 3 unspecified atom stereocenters. The fourth-order valence-corrected chi connectivity index (χ4v) is 3.56. The molecule has 2 aliphatic heterocycles. The normalized spacial score (nSPS) is 34.2. The highest BCUT2D eigenvalue weighted by Crippen LogP contribution is 2.33. The van der Waals surface area contributed by atoms with Gasteiger partial charge in [-0.25, -0.2) is 0 Å². The minimum absolute atomic E-state index is 0.709. The summed E-state index contributed by atoms with van der Waals surface area (Å²) in [5, 5.41) is 3.78. The van der Waals surface area contributed by atoms with Crippen molar-refractivity contribution in [1.29, 1.82) is 0 Å².